The lowest BCUT2D eigenvalue weighted by Crippen LogP contribution is -2.63. The van der Waals surface area contributed by atoms with Crippen LogP contribution < -0.4 is 0 Å². The third kappa shape index (κ3) is 1.03. The molecule has 2 fully saturated rings. The Morgan fingerprint density at radius 1 is 0.833 bits per heavy atom. The molecule has 0 spiro atoms. The second-order valence-corrected chi connectivity index (χ2v) is 5.48. The Morgan fingerprint density at radius 2 is 1.17 bits per heavy atom. The molecule has 4 nitrogen and oxygen atoms in total. The molecular formula is C14H26N4. The van der Waals surface area contributed by atoms with E-state index >= 15 is 0 Å². The Labute approximate surface area is 111 Å². The summed E-state index contributed by atoms with van der Waals surface area (Å²) in [6.07, 6.45) is 0. The highest BCUT2D eigenvalue weighted by atomic mass is 15.7. The first-order valence-electron chi connectivity index (χ1n) is 6.69. The van der Waals surface area contributed by atoms with Gasteiger partial charge in [0.05, 0.1) is 0 Å². The summed E-state index contributed by atoms with van der Waals surface area (Å²) in [6, 6.07) is 0. The molecule has 0 atom stereocenters. The smallest absolute Gasteiger partial charge is 0.155 e. The second-order valence-electron chi connectivity index (χ2n) is 5.48. The Morgan fingerprint density at radius 3 is 1.44 bits per heavy atom. The van der Waals surface area contributed by atoms with E-state index in [1.807, 2.05) is 0 Å². The maximum absolute atomic E-state index is 4.26. The van der Waals surface area contributed by atoms with Crippen molar-refractivity contribution in [2.75, 3.05) is 27.2 Å². The molecule has 102 valence electrons. The van der Waals surface area contributed by atoms with Crippen LogP contribution in [-0.4, -0.2) is 58.1 Å². The average molecular weight is 250 g/mol. The Bertz CT molecular complexity index is 371. The molecule has 2 rings (SSSR count). The van der Waals surface area contributed by atoms with Crippen LogP contribution in [0.2, 0.25) is 0 Å². The predicted molar refractivity (Wildman–Crippen MR) is 75.4 cm³/mol. The van der Waals surface area contributed by atoms with Crippen molar-refractivity contribution in [3.05, 3.63) is 24.8 Å². The van der Waals surface area contributed by atoms with E-state index in [0.29, 0.717) is 0 Å². The van der Waals surface area contributed by atoms with Crippen LogP contribution in [0.5, 0.6) is 0 Å². The summed E-state index contributed by atoms with van der Waals surface area (Å²) in [6.45, 7) is 19.4. The summed E-state index contributed by atoms with van der Waals surface area (Å²) < 4.78 is 0. The molecule has 0 N–H and O–H groups in total. The van der Waals surface area contributed by atoms with Crippen molar-refractivity contribution in [2.24, 2.45) is 0 Å². The monoisotopic (exact) mass is 250 g/mol. The largest absolute Gasteiger partial charge is 0.335 e. The van der Waals surface area contributed by atoms with Crippen LogP contribution >= 0.6 is 0 Å². The second kappa shape index (κ2) is 3.59. The number of hydrogen-bond donors (Lipinski definition) is 0. The fourth-order valence-corrected chi connectivity index (χ4v) is 3.87. The first-order chi connectivity index (χ1) is 8.28. The molecule has 18 heavy (non-hydrogen) atoms. The zero-order chi connectivity index (χ0) is 13.9. The number of fused-ring (bicyclic) bond motifs is 1. The number of likely N-dealkylation sites (N-methyl/N-ethyl adjacent to an activating group) is 4. The highest BCUT2D eigenvalue weighted by Gasteiger charge is 2.68. The predicted octanol–water partition coefficient (Wildman–Crippen LogP) is 1.90. The van der Waals surface area contributed by atoms with Gasteiger partial charge in [0.1, 0.15) is 11.6 Å². The van der Waals surface area contributed by atoms with Crippen molar-refractivity contribution in [2.45, 2.75) is 39.0 Å². The van der Waals surface area contributed by atoms with Crippen LogP contribution in [0.15, 0.2) is 24.8 Å². The zero-order valence-electron chi connectivity index (χ0n) is 12.6. The van der Waals surface area contributed by atoms with Crippen molar-refractivity contribution in [3.8, 4) is 0 Å². The van der Waals surface area contributed by atoms with Gasteiger partial charge in [-0.05, 0) is 27.7 Å². The van der Waals surface area contributed by atoms with Crippen LogP contribution in [0, 0.1) is 0 Å². The molecule has 2 saturated heterocycles. The molecular weight excluding hydrogens is 224 g/mol. The maximum atomic E-state index is 4.26. The minimum Gasteiger partial charge on any atom is -0.335 e. The third-order valence-corrected chi connectivity index (χ3v) is 5.28. The topological polar surface area (TPSA) is 13.0 Å². The lowest BCUT2D eigenvalue weighted by molar-refractivity contribution is -0.0232. The van der Waals surface area contributed by atoms with Crippen molar-refractivity contribution < 1.29 is 0 Å². The summed E-state index contributed by atoms with van der Waals surface area (Å²) in [4.78, 5) is 9.31. The number of nitrogens with zero attached hydrogens (tertiary/aromatic N) is 4. The van der Waals surface area contributed by atoms with Gasteiger partial charge in [0.15, 0.2) is 11.3 Å². The summed E-state index contributed by atoms with van der Waals surface area (Å²) in [7, 11) is 4.25. The average Bonchev–Trinajstić information content (AvgIpc) is 2.58. The standard InChI is InChI=1S/C14H26N4/c1-9-17-11(3)15(7)13(5)14(17,6)18(10-2)12(4)16(13)8/h3-4,9-10H2,1-2,5-8H3. The van der Waals surface area contributed by atoms with E-state index in [9.17, 15) is 0 Å². The van der Waals surface area contributed by atoms with Crippen molar-refractivity contribution >= 4 is 0 Å². The van der Waals surface area contributed by atoms with E-state index in [1.165, 1.54) is 0 Å². The van der Waals surface area contributed by atoms with E-state index in [1.54, 1.807) is 0 Å². The van der Waals surface area contributed by atoms with Crippen LogP contribution in [0.4, 0.5) is 0 Å². The van der Waals surface area contributed by atoms with Gasteiger partial charge in [-0.3, -0.25) is 0 Å². The Balaban J connectivity index is 2.65. The SMILES string of the molecule is C=C1N(C)C2(C)N(C)C(=C)N(CC)C2(C)N1CC. The number of hydrogen-bond acceptors (Lipinski definition) is 4. The van der Waals surface area contributed by atoms with Gasteiger partial charge in [-0.2, -0.15) is 0 Å². The van der Waals surface area contributed by atoms with E-state index in [4.69, 9.17) is 0 Å². The fourth-order valence-electron chi connectivity index (χ4n) is 3.87. The van der Waals surface area contributed by atoms with Gasteiger partial charge in [-0.1, -0.05) is 13.2 Å². The van der Waals surface area contributed by atoms with Crippen molar-refractivity contribution in [1.82, 2.24) is 19.6 Å². The molecule has 0 amide bonds. The molecule has 0 bridgehead atoms. The molecule has 4 heteroatoms. The van der Waals surface area contributed by atoms with Gasteiger partial charge in [-0.15, -0.1) is 0 Å². The van der Waals surface area contributed by atoms with Crippen LogP contribution in [0.3, 0.4) is 0 Å². The van der Waals surface area contributed by atoms with Gasteiger partial charge in [0.2, 0.25) is 0 Å². The van der Waals surface area contributed by atoms with Gasteiger partial charge in [-0.25, -0.2) is 0 Å². The van der Waals surface area contributed by atoms with Crippen molar-refractivity contribution in [1.29, 1.82) is 0 Å². The van der Waals surface area contributed by atoms with Crippen molar-refractivity contribution in [3.63, 3.8) is 0 Å². The Hall–Kier alpha value is -1.32. The molecule has 0 unspecified atom stereocenters. The maximum Gasteiger partial charge on any atom is 0.155 e. The fraction of sp³-hybridized carbons (Fsp3) is 0.714. The highest BCUT2D eigenvalue weighted by molar-refractivity contribution is 5.29. The molecule has 0 radical (unpaired) electrons. The molecule has 0 aromatic heterocycles. The lowest BCUT2D eigenvalue weighted by Gasteiger charge is -2.45. The third-order valence-electron chi connectivity index (χ3n) is 5.28. The van der Waals surface area contributed by atoms with Crippen LogP contribution in [-0.2, 0) is 0 Å². The zero-order valence-corrected chi connectivity index (χ0v) is 12.6. The summed E-state index contributed by atoms with van der Waals surface area (Å²) in [5.41, 5.74) is -0.249. The van der Waals surface area contributed by atoms with E-state index < -0.39 is 0 Å². The van der Waals surface area contributed by atoms with E-state index in [-0.39, 0.29) is 11.3 Å². The van der Waals surface area contributed by atoms with Crippen LogP contribution in [0.1, 0.15) is 27.7 Å². The first-order valence-corrected chi connectivity index (χ1v) is 6.69. The lowest BCUT2D eigenvalue weighted by atomic mass is 9.95. The van der Waals surface area contributed by atoms with Gasteiger partial charge < -0.3 is 19.6 Å². The first kappa shape index (κ1) is 13.1. The van der Waals surface area contributed by atoms with Crippen LogP contribution in [0.25, 0.3) is 0 Å². The van der Waals surface area contributed by atoms with Gasteiger partial charge >= 0.3 is 0 Å². The molecule has 2 heterocycles. The molecule has 2 aliphatic heterocycles. The molecule has 0 aliphatic carbocycles. The molecule has 0 saturated carbocycles. The summed E-state index contributed by atoms with van der Waals surface area (Å²) in [5, 5.41) is 0. The van der Waals surface area contributed by atoms with Gasteiger partial charge in [0.25, 0.3) is 0 Å². The highest BCUT2D eigenvalue weighted by Crippen LogP contribution is 2.54. The van der Waals surface area contributed by atoms with Gasteiger partial charge in [0, 0.05) is 27.2 Å². The number of rotatable bonds is 2. The summed E-state index contributed by atoms with van der Waals surface area (Å²) >= 11 is 0. The quantitative estimate of drug-likeness (QED) is 0.742. The molecule has 0 aromatic rings. The minimum atomic E-state index is -0.132. The van der Waals surface area contributed by atoms with E-state index in [0.717, 1.165) is 24.7 Å². The van der Waals surface area contributed by atoms with E-state index in [2.05, 4.69) is 74.5 Å². The molecule has 0 aromatic carbocycles. The molecule has 2 aliphatic rings. The Kier molecular flexibility index (Phi) is 2.62. The normalized spacial score (nSPS) is 35.9. The summed E-state index contributed by atoms with van der Waals surface area (Å²) in [5.74, 6) is 2.17. The minimum absolute atomic E-state index is 0.117.